The lowest BCUT2D eigenvalue weighted by atomic mass is 10.1. The number of carbonyl (C=O) groups excluding carboxylic acids is 1. The molecule has 7 heteroatoms. The number of hydrazone groups is 1. The van der Waals surface area contributed by atoms with Gasteiger partial charge in [-0.15, -0.1) is 0 Å². The van der Waals surface area contributed by atoms with E-state index in [1.165, 1.54) is 6.21 Å². The smallest absolute Gasteiger partial charge is 0.271 e. The van der Waals surface area contributed by atoms with Crippen molar-refractivity contribution >= 4 is 23.0 Å². The van der Waals surface area contributed by atoms with Gasteiger partial charge in [-0.1, -0.05) is 17.7 Å². The summed E-state index contributed by atoms with van der Waals surface area (Å²) in [5, 5.41) is 4.97. The molecule has 4 aromatic rings. The molecule has 2 aromatic carbocycles. The van der Waals surface area contributed by atoms with Crippen molar-refractivity contribution in [3.63, 3.8) is 0 Å². The standard InChI is InChI=1S/C24H20N4O3/c1-16-3-6-20(7-4-16)31-24-19(13-18-5-8-21(30-2)14-22(18)27-24)15-26-28-23(29)17-9-11-25-12-10-17/h3-15H,1-2H3,(H,28,29)/b26-15+. The monoisotopic (exact) mass is 412 g/mol. The molecule has 2 heterocycles. The van der Waals surface area contributed by atoms with Gasteiger partial charge in [0.2, 0.25) is 5.88 Å². The molecule has 31 heavy (non-hydrogen) atoms. The Labute approximate surface area is 179 Å². The van der Waals surface area contributed by atoms with E-state index in [9.17, 15) is 4.79 Å². The summed E-state index contributed by atoms with van der Waals surface area (Å²) in [6.45, 7) is 2.01. The van der Waals surface area contributed by atoms with Crippen LogP contribution in [0.1, 0.15) is 21.5 Å². The first-order chi connectivity index (χ1) is 15.1. The average Bonchev–Trinajstić information content (AvgIpc) is 2.81. The third kappa shape index (κ3) is 4.84. The Kier molecular flexibility index (Phi) is 5.84. The molecule has 0 saturated carbocycles. The molecule has 0 bridgehead atoms. The Morgan fingerprint density at radius 3 is 2.48 bits per heavy atom. The van der Waals surface area contributed by atoms with Crippen molar-refractivity contribution in [2.75, 3.05) is 7.11 Å². The third-order valence-electron chi connectivity index (χ3n) is 4.57. The van der Waals surface area contributed by atoms with Crippen molar-refractivity contribution in [1.29, 1.82) is 0 Å². The summed E-state index contributed by atoms with van der Waals surface area (Å²) in [6.07, 6.45) is 4.61. The number of benzene rings is 2. The van der Waals surface area contributed by atoms with Gasteiger partial charge in [0.25, 0.3) is 5.91 Å². The van der Waals surface area contributed by atoms with Crippen molar-refractivity contribution in [2.45, 2.75) is 6.92 Å². The van der Waals surface area contributed by atoms with Gasteiger partial charge in [-0.2, -0.15) is 5.10 Å². The first kappa shape index (κ1) is 20.0. The Balaban J connectivity index is 1.65. The van der Waals surface area contributed by atoms with Gasteiger partial charge in [0.15, 0.2) is 0 Å². The maximum absolute atomic E-state index is 12.2. The number of amides is 1. The minimum atomic E-state index is -0.335. The predicted molar refractivity (Wildman–Crippen MR) is 119 cm³/mol. The van der Waals surface area contributed by atoms with Crippen LogP contribution in [-0.4, -0.2) is 29.2 Å². The predicted octanol–water partition coefficient (Wildman–Crippen LogP) is 4.50. The molecule has 0 radical (unpaired) electrons. The van der Waals surface area contributed by atoms with Crippen LogP contribution in [0.4, 0.5) is 0 Å². The van der Waals surface area contributed by atoms with Crippen LogP contribution >= 0.6 is 0 Å². The van der Waals surface area contributed by atoms with Crippen molar-refractivity contribution in [1.82, 2.24) is 15.4 Å². The highest BCUT2D eigenvalue weighted by molar-refractivity contribution is 5.95. The maximum atomic E-state index is 12.2. The van der Waals surface area contributed by atoms with Crippen LogP contribution in [0.3, 0.4) is 0 Å². The highest BCUT2D eigenvalue weighted by atomic mass is 16.5. The molecule has 0 atom stereocenters. The lowest BCUT2D eigenvalue weighted by Gasteiger charge is -2.10. The van der Waals surface area contributed by atoms with Gasteiger partial charge in [-0.25, -0.2) is 10.4 Å². The van der Waals surface area contributed by atoms with Gasteiger partial charge in [0, 0.05) is 29.4 Å². The summed E-state index contributed by atoms with van der Waals surface area (Å²) < 4.78 is 11.3. The van der Waals surface area contributed by atoms with Gasteiger partial charge in [0.1, 0.15) is 11.5 Å². The van der Waals surface area contributed by atoms with Crippen LogP contribution in [0, 0.1) is 6.92 Å². The van der Waals surface area contributed by atoms with E-state index in [2.05, 4.69) is 20.5 Å². The van der Waals surface area contributed by atoms with E-state index in [4.69, 9.17) is 9.47 Å². The largest absolute Gasteiger partial charge is 0.497 e. The summed E-state index contributed by atoms with van der Waals surface area (Å²) in [5.41, 5.74) is 5.45. The maximum Gasteiger partial charge on any atom is 0.271 e. The van der Waals surface area contributed by atoms with Crippen LogP contribution in [-0.2, 0) is 0 Å². The summed E-state index contributed by atoms with van der Waals surface area (Å²) >= 11 is 0. The van der Waals surface area contributed by atoms with Crippen molar-refractivity contribution in [3.05, 3.63) is 89.7 Å². The normalized spacial score (nSPS) is 10.9. The number of aryl methyl sites for hydroxylation is 1. The van der Waals surface area contributed by atoms with E-state index in [0.29, 0.717) is 28.5 Å². The second-order valence-electron chi connectivity index (χ2n) is 6.79. The highest BCUT2D eigenvalue weighted by Gasteiger charge is 2.10. The van der Waals surface area contributed by atoms with E-state index >= 15 is 0 Å². The van der Waals surface area contributed by atoms with E-state index in [1.54, 1.807) is 31.6 Å². The Hall–Kier alpha value is -4.26. The lowest BCUT2D eigenvalue weighted by Crippen LogP contribution is -2.17. The van der Waals surface area contributed by atoms with Crippen LogP contribution < -0.4 is 14.9 Å². The molecular weight excluding hydrogens is 392 g/mol. The Bertz CT molecular complexity index is 1240. The SMILES string of the molecule is COc1ccc2cc(/C=N/NC(=O)c3ccncc3)c(Oc3ccc(C)cc3)nc2c1. The number of nitrogens with zero attached hydrogens (tertiary/aromatic N) is 3. The fourth-order valence-corrected chi connectivity index (χ4v) is 2.89. The number of aromatic nitrogens is 2. The molecule has 1 amide bonds. The summed E-state index contributed by atoms with van der Waals surface area (Å²) in [7, 11) is 1.61. The minimum absolute atomic E-state index is 0.335. The van der Waals surface area contributed by atoms with Crippen LogP contribution in [0.5, 0.6) is 17.4 Å². The van der Waals surface area contributed by atoms with Crippen molar-refractivity contribution in [2.24, 2.45) is 5.10 Å². The summed E-state index contributed by atoms with van der Waals surface area (Å²) in [4.78, 5) is 20.8. The first-order valence-corrected chi connectivity index (χ1v) is 9.59. The number of carbonyl (C=O) groups is 1. The van der Waals surface area contributed by atoms with Crippen LogP contribution in [0.2, 0.25) is 0 Å². The number of methoxy groups -OCH3 is 1. The molecular formula is C24H20N4O3. The average molecular weight is 412 g/mol. The second kappa shape index (κ2) is 9.04. The van der Waals surface area contributed by atoms with E-state index in [0.717, 1.165) is 16.5 Å². The topological polar surface area (TPSA) is 85.7 Å². The van der Waals surface area contributed by atoms with Gasteiger partial charge < -0.3 is 9.47 Å². The Morgan fingerprint density at radius 2 is 1.74 bits per heavy atom. The number of ether oxygens (including phenoxy) is 2. The molecule has 0 aliphatic heterocycles. The van der Waals surface area contributed by atoms with Gasteiger partial charge in [0.05, 0.1) is 24.4 Å². The van der Waals surface area contributed by atoms with E-state index in [1.807, 2.05) is 55.5 Å². The van der Waals surface area contributed by atoms with Gasteiger partial charge in [-0.05, 0) is 49.4 Å². The summed E-state index contributed by atoms with van der Waals surface area (Å²) in [5.74, 6) is 1.38. The molecule has 0 saturated heterocycles. The molecule has 0 aliphatic carbocycles. The lowest BCUT2D eigenvalue weighted by molar-refractivity contribution is 0.0955. The molecule has 2 aromatic heterocycles. The molecule has 0 fully saturated rings. The zero-order chi connectivity index (χ0) is 21.6. The van der Waals surface area contributed by atoms with E-state index in [-0.39, 0.29) is 5.91 Å². The quantitative estimate of drug-likeness (QED) is 0.372. The number of hydrogen-bond acceptors (Lipinski definition) is 6. The van der Waals surface area contributed by atoms with Crippen molar-refractivity contribution < 1.29 is 14.3 Å². The molecule has 0 aliphatic rings. The zero-order valence-corrected chi connectivity index (χ0v) is 17.1. The van der Waals surface area contributed by atoms with Crippen LogP contribution in [0.15, 0.2) is 78.2 Å². The fraction of sp³-hybridized carbons (Fsp3) is 0.0833. The number of fused-ring (bicyclic) bond motifs is 1. The number of pyridine rings is 2. The van der Waals surface area contributed by atoms with Crippen LogP contribution in [0.25, 0.3) is 10.9 Å². The fourth-order valence-electron chi connectivity index (χ4n) is 2.89. The van der Waals surface area contributed by atoms with Crippen molar-refractivity contribution in [3.8, 4) is 17.4 Å². The molecule has 154 valence electrons. The first-order valence-electron chi connectivity index (χ1n) is 9.59. The van der Waals surface area contributed by atoms with Gasteiger partial charge >= 0.3 is 0 Å². The molecule has 7 nitrogen and oxygen atoms in total. The third-order valence-corrected chi connectivity index (χ3v) is 4.57. The summed E-state index contributed by atoms with van der Waals surface area (Å²) in [6, 6.07) is 18.4. The van der Waals surface area contributed by atoms with E-state index < -0.39 is 0 Å². The minimum Gasteiger partial charge on any atom is -0.497 e. The highest BCUT2D eigenvalue weighted by Crippen LogP contribution is 2.28. The molecule has 4 rings (SSSR count). The number of rotatable bonds is 6. The zero-order valence-electron chi connectivity index (χ0n) is 17.1. The van der Waals surface area contributed by atoms with Gasteiger partial charge in [-0.3, -0.25) is 9.78 Å². The second-order valence-corrected chi connectivity index (χ2v) is 6.79. The molecule has 0 unspecified atom stereocenters. The number of nitrogens with one attached hydrogen (secondary N) is 1. The Morgan fingerprint density at radius 1 is 1.00 bits per heavy atom. The molecule has 0 spiro atoms. The molecule has 1 N–H and O–H groups in total. The number of hydrogen-bond donors (Lipinski definition) is 1.